The summed E-state index contributed by atoms with van der Waals surface area (Å²) in [6.07, 6.45) is 0. The van der Waals surface area contributed by atoms with Gasteiger partial charge in [0.25, 0.3) is 0 Å². The molecule has 0 fully saturated rings. The zero-order chi connectivity index (χ0) is 32.1. The maximum absolute atomic E-state index is 6.79. The van der Waals surface area contributed by atoms with Gasteiger partial charge in [0.1, 0.15) is 22.3 Å². The molecule has 11 rings (SSSR count). The van der Waals surface area contributed by atoms with Crippen LogP contribution >= 0.6 is 11.3 Å². The van der Waals surface area contributed by atoms with Gasteiger partial charge in [-0.3, -0.25) is 0 Å². The first-order chi connectivity index (χ1) is 24.3. The van der Waals surface area contributed by atoms with Crippen molar-refractivity contribution < 1.29 is 13.3 Å². The molecule has 0 saturated heterocycles. The molecule has 6 heteroatoms. The summed E-state index contributed by atoms with van der Waals surface area (Å²) in [5.41, 5.74) is 8.65. The second-order valence-corrected chi connectivity index (χ2v) is 13.4. The molecule has 0 spiro atoms. The highest BCUT2D eigenvalue weighted by Crippen LogP contribution is 2.47. The number of hydrogen-bond acceptors (Lipinski definition) is 6. The van der Waals surface area contributed by atoms with Crippen LogP contribution in [0.1, 0.15) is 0 Å². The molecule has 0 amide bonds. The first-order valence-electron chi connectivity index (χ1n) is 16.2. The third-order valence-corrected chi connectivity index (χ3v) is 10.7. The zero-order valence-corrected chi connectivity index (χ0v) is 26.7. The molecule has 0 aliphatic carbocycles. The van der Waals surface area contributed by atoms with E-state index in [1.54, 1.807) is 0 Å². The van der Waals surface area contributed by atoms with Crippen LogP contribution in [-0.4, -0.2) is 4.98 Å². The second-order valence-electron chi connectivity index (χ2n) is 12.3. The molecular weight excluding hydrogens is 625 g/mol. The van der Waals surface area contributed by atoms with E-state index in [1.807, 2.05) is 59.9 Å². The van der Waals surface area contributed by atoms with Crippen molar-refractivity contribution in [2.45, 2.75) is 0 Å². The average molecular weight is 649 g/mol. The summed E-state index contributed by atoms with van der Waals surface area (Å²) in [4.78, 5) is 7.12. The fourth-order valence-corrected chi connectivity index (χ4v) is 8.40. The van der Waals surface area contributed by atoms with E-state index < -0.39 is 0 Å². The maximum atomic E-state index is 6.79. The van der Waals surface area contributed by atoms with Gasteiger partial charge in [0, 0.05) is 59.0 Å². The quantitative estimate of drug-likeness (QED) is 0.190. The van der Waals surface area contributed by atoms with Crippen LogP contribution in [0.5, 0.6) is 0 Å². The molecule has 230 valence electrons. The van der Waals surface area contributed by atoms with Gasteiger partial charge in [-0.25, -0.2) is 4.98 Å². The Bertz CT molecular complexity index is 3060. The van der Waals surface area contributed by atoms with Crippen LogP contribution in [0, 0.1) is 0 Å². The summed E-state index contributed by atoms with van der Waals surface area (Å²) < 4.78 is 22.0. The van der Waals surface area contributed by atoms with Crippen molar-refractivity contribution in [2.75, 3.05) is 4.90 Å². The molecule has 4 heterocycles. The van der Waals surface area contributed by atoms with Crippen molar-refractivity contribution in [1.29, 1.82) is 0 Å². The molecular formula is C43H24N2O3S. The number of nitrogens with zero attached hydrogens (tertiary/aromatic N) is 2. The van der Waals surface area contributed by atoms with Crippen molar-refractivity contribution in [3.8, 4) is 11.5 Å². The largest absolute Gasteiger partial charge is 0.456 e. The molecule has 11 aromatic rings. The molecule has 49 heavy (non-hydrogen) atoms. The van der Waals surface area contributed by atoms with Crippen LogP contribution < -0.4 is 4.90 Å². The Balaban J connectivity index is 1.18. The van der Waals surface area contributed by atoms with E-state index in [9.17, 15) is 0 Å². The van der Waals surface area contributed by atoms with E-state index >= 15 is 0 Å². The summed E-state index contributed by atoms with van der Waals surface area (Å²) in [7, 11) is 0. The van der Waals surface area contributed by atoms with Gasteiger partial charge in [0.05, 0.1) is 11.4 Å². The molecule has 0 aliphatic rings. The minimum absolute atomic E-state index is 0.571. The molecule has 5 nitrogen and oxygen atoms in total. The summed E-state index contributed by atoms with van der Waals surface area (Å²) in [5.74, 6) is 0.571. The van der Waals surface area contributed by atoms with Gasteiger partial charge < -0.3 is 18.2 Å². The Morgan fingerprint density at radius 1 is 0.469 bits per heavy atom. The summed E-state index contributed by atoms with van der Waals surface area (Å²) in [5, 5.41) is 6.63. The predicted octanol–water partition coefficient (Wildman–Crippen LogP) is 13.1. The lowest BCUT2D eigenvalue weighted by Gasteiger charge is -2.25. The Morgan fingerprint density at radius 3 is 2.12 bits per heavy atom. The standard InChI is InChI=1S/C43H24N2O3S/c1-4-15-35-27(9-1)28-21-19-26(24-38(28)46-35)45(25-20-22-40-32(23-25)29-10-2-6-18-39(29)49-40)34-14-7-11-30-41-31(12-8-17-37(41)47-42(30)34)43-44-33-13-3-5-16-36(33)48-43/h1-24H. The molecule has 4 aromatic heterocycles. The monoisotopic (exact) mass is 648 g/mol. The number of para-hydroxylation sites is 4. The van der Waals surface area contributed by atoms with Gasteiger partial charge >= 0.3 is 0 Å². The number of fused-ring (bicyclic) bond motifs is 10. The molecule has 7 aromatic carbocycles. The normalized spacial score (nSPS) is 12.1. The number of furan rings is 2. The number of oxazole rings is 1. The SMILES string of the molecule is c1ccc2oc(-c3cccc4oc5c(N(c6ccc7c(c6)oc6ccccc67)c6ccc7sc8ccccc8c7c6)cccc5c34)nc2c1. The number of aromatic nitrogens is 1. The van der Waals surface area contributed by atoms with Crippen molar-refractivity contribution >= 4 is 104 Å². The number of thiophene rings is 1. The third-order valence-electron chi connectivity index (χ3n) is 9.51. The zero-order valence-electron chi connectivity index (χ0n) is 25.9. The lowest BCUT2D eigenvalue weighted by molar-refractivity contribution is 0.620. The number of benzene rings is 7. The molecule has 0 unspecified atom stereocenters. The van der Waals surface area contributed by atoms with E-state index in [-0.39, 0.29) is 0 Å². The number of hydrogen-bond donors (Lipinski definition) is 0. The van der Waals surface area contributed by atoms with E-state index in [0.29, 0.717) is 5.89 Å². The topological polar surface area (TPSA) is 55.6 Å². The van der Waals surface area contributed by atoms with Crippen molar-refractivity contribution in [3.05, 3.63) is 146 Å². The van der Waals surface area contributed by atoms with Crippen LogP contribution in [0.3, 0.4) is 0 Å². The fraction of sp³-hybridized carbons (Fsp3) is 0. The summed E-state index contributed by atoms with van der Waals surface area (Å²) >= 11 is 1.82. The minimum Gasteiger partial charge on any atom is -0.456 e. The van der Waals surface area contributed by atoms with E-state index in [2.05, 4.69) is 102 Å². The first kappa shape index (κ1) is 26.7. The van der Waals surface area contributed by atoms with Gasteiger partial charge in [0.15, 0.2) is 11.2 Å². The van der Waals surface area contributed by atoms with Gasteiger partial charge in [0.2, 0.25) is 5.89 Å². The Morgan fingerprint density at radius 2 is 1.18 bits per heavy atom. The first-order valence-corrected chi connectivity index (χ1v) is 17.0. The van der Waals surface area contributed by atoms with Crippen LogP contribution in [0.4, 0.5) is 17.1 Å². The predicted molar refractivity (Wildman–Crippen MR) is 202 cm³/mol. The molecule has 0 bridgehead atoms. The number of anilines is 3. The highest BCUT2D eigenvalue weighted by Gasteiger charge is 2.23. The Labute approximate surface area is 282 Å². The Kier molecular flexibility index (Phi) is 5.48. The lowest BCUT2D eigenvalue weighted by Crippen LogP contribution is -2.10. The minimum atomic E-state index is 0.571. The molecule has 0 radical (unpaired) electrons. The van der Waals surface area contributed by atoms with Crippen LogP contribution in [0.25, 0.3) is 86.6 Å². The van der Waals surface area contributed by atoms with Crippen LogP contribution in [0.2, 0.25) is 0 Å². The van der Waals surface area contributed by atoms with Crippen molar-refractivity contribution in [3.63, 3.8) is 0 Å². The number of rotatable bonds is 4. The summed E-state index contributed by atoms with van der Waals surface area (Å²) in [6, 6.07) is 50.2. The smallest absolute Gasteiger partial charge is 0.228 e. The van der Waals surface area contributed by atoms with Gasteiger partial charge in [-0.1, -0.05) is 66.7 Å². The molecule has 0 saturated carbocycles. The third kappa shape index (κ3) is 3.95. The van der Waals surface area contributed by atoms with Crippen molar-refractivity contribution in [1.82, 2.24) is 4.98 Å². The molecule has 0 N–H and O–H groups in total. The summed E-state index contributed by atoms with van der Waals surface area (Å²) in [6.45, 7) is 0. The average Bonchev–Trinajstić information content (AvgIpc) is 3.92. The van der Waals surface area contributed by atoms with E-state index in [1.165, 1.54) is 20.2 Å². The van der Waals surface area contributed by atoms with E-state index in [4.69, 9.17) is 18.2 Å². The van der Waals surface area contributed by atoms with Crippen LogP contribution in [0.15, 0.2) is 159 Å². The highest BCUT2D eigenvalue weighted by molar-refractivity contribution is 7.25. The van der Waals surface area contributed by atoms with Gasteiger partial charge in [-0.2, -0.15) is 0 Å². The Hall–Kier alpha value is -6.37. The van der Waals surface area contributed by atoms with Crippen LogP contribution in [-0.2, 0) is 0 Å². The van der Waals surface area contributed by atoms with Crippen molar-refractivity contribution in [2.24, 2.45) is 0 Å². The van der Waals surface area contributed by atoms with Gasteiger partial charge in [-0.05, 0) is 72.8 Å². The molecule has 0 aliphatic heterocycles. The molecule has 0 atom stereocenters. The fourth-order valence-electron chi connectivity index (χ4n) is 7.31. The maximum Gasteiger partial charge on any atom is 0.228 e. The van der Waals surface area contributed by atoms with Gasteiger partial charge in [-0.15, -0.1) is 11.3 Å². The highest BCUT2D eigenvalue weighted by atomic mass is 32.1. The van der Waals surface area contributed by atoms with E-state index in [0.717, 1.165) is 77.6 Å². The second kappa shape index (κ2) is 10.1. The lowest BCUT2D eigenvalue weighted by atomic mass is 10.0.